The van der Waals surface area contributed by atoms with Crippen LogP contribution >= 0.6 is 0 Å². The maximum Gasteiger partial charge on any atom is 0.261 e. The normalized spacial score (nSPS) is 14.8. The van der Waals surface area contributed by atoms with Gasteiger partial charge < -0.3 is 15.0 Å². The monoisotopic (exact) mass is 436 g/mol. The van der Waals surface area contributed by atoms with Crippen LogP contribution in [0.3, 0.4) is 0 Å². The first kappa shape index (κ1) is 23.8. The predicted molar refractivity (Wildman–Crippen MR) is 128 cm³/mol. The summed E-state index contributed by atoms with van der Waals surface area (Å²) in [5.74, 6) is 0.462. The number of nitrogens with zero attached hydrogens (tertiary/aromatic N) is 1. The van der Waals surface area contributed by atoms with E-state index in [1.807, 2.05) is 70.2 Å². The Kier molecular flexibility index (Phi) is 8.32. The summed E-state index contributed by atoms with van der Waals surface area (Å²) in [5.41, 5.74) is 4.23. The Balaban J connectivity index is 1.77. The summed E-state index contributed by atoms with van der Waals surface area (Å²) in [6.45, 7) is 8.25. The second-order valence-electron chi connectivity index (χ2n) is 8.98. The Morgan fingerprint density at radius 3 is 2.34 bits per heavy atom. The van der Waals surface area contributed by atoms with Gasteiger partial charge in [0, 0.05) is 12.6 Å². The number of amides is 2. The number of carbonyl (C=O) groups is 2. The number of hydrogen-bond donors (Lipinski definition) is 1. The van der Waals surface area contributed by atoms with Crippen LogP contribution in [0.2, 0.25) is 0 Å². The molecule has 1 aliphatic carbocycles. The third-order valence-electron chi connectivity index (χ3n) is 6.26. The molecule has 0 heterocycles. The molecule has 0 saturated heterocycles. The minimum Gasteiger partial charge on any atom is -0.483 e. The van der Waals surface area contributed by atoms with Crippen LogP contribution in [0.4, 0.5) is 0 Å². The van der Waals surface area contributed by atoms with Gasteiger partial charge in [-0.2, -0.15) is 0 Å². The molecule has 2 amide bonds. The van der Waals surface area contributed by atoms with Crippen molar-refractivity contribution >= 4 is 11.8 Å². The van der Waals surface area contributed by atoms with E-state index in [1.54, 1.807) is 4.90 Å². The van der Waals surface area contributed by atoms with Crippen LogP contribution in [0.15, 0.2) is 42.5 Å². The van der Waals surface area contributed by atoms with E-state index in [1.165, 1.54) is 0 Å². The van der Waals surface area contributed by atoms with Crippen molar-refractivity contribution < 1.29 is 14.3 Å². The zero-order chi connectivity index (χ0) is 23.1. The number of benzene rings is 2. The zero-order valence-electron chi connectivity index (χ0n) is 19.8. The summed E-state index contributed by atoms with van der Waals surface area (Å²) < 4.78 is 5.90. The molecule has 0 spiro atoms. The molecule has 0 bridgehead atoms. The third kappa shape index (κ3) is 6.35. The Hall–Kier alpha value is -2.82. The molecule has 3 rings (SSSR count). The Bertz CT molecular complexity index is 917. The first-order valence-corrected chi connectivity index (χ1v) is 11.7. The van der Waals surface area contributed by atoms with Crippen molar-refractivity contribution in [3.8, 4) is 5.75 Å². The van der Waals surface area contributed by atoms with Gasteiger partial charge in [0.05, 0.1) is 0 Å². The van der Waals surface area contributed by atoms with E-state index in [2.05, 4.69) is 5.32 Å². The number of ether oxygens (including phenoxy) is 1. The molecule has 172 valence electrons. The molecule has 1 aliphatic rings. The van der Waals surface area contributed by atoms with E-state index in [-0.39, 0.29) is 24.5 Å². The average molecular weight is 437 g/mol. The van der Waals surface area contributed by atoms with E-state index < -0.39 is 6.04 Å². The van der Waals surface area contributed by atoms with Gasteiger partial charge in [-0.1, -0.05) is 61.7 Å². The van der Waals surface area contributed by atoms with E-state index in [4.69, 9.17) is 4.74 Å². The summed E-state index contributed by atoms with van der Waals surface area (Å²) in [6.07, 6.45) is 4.89. The molecule has 0 aromatic heterocycles. The van der Waals surface area contributed by atoms with Gasteiger partial charge in [-0.05, 0) is 62.8 Å². The average Bonchev–Trinajstić information content (AvgIpc) is 3.28. The molecule has 2 aromatic carbocycles. The maximum absolute atomic E-state index is 13.3. The number of aryl methyl sites for hydroxylation is 3. The maximum atomic E-state index is 13.3. The predicted octanol–water partition coefficient (Wildman–Crippen LogP) is 4.86. The molecule has 0 unspecified atom stereocenters. The molecule has 1 saturated carbocycles. The van der Waals surface area contributed by atoms with Crippen molar-refractivity contribution in [2.45, 2.75) is 78.4 Å². The smallest absolute Gasteiger partial charge is 0.261 e. The fraction of sp³-hybridized carbons (Fsp3) is 0.481. The van der Waals surface area contributed by atoms with Crippen LogP contribution in [-0.4, -0.2) is 35.4 Å². The standard InChI is InChI=1S/C27H36N2O3/c1-5-24(27(31)28-23-8-6-7-9-23)29(17-22-14-11-19(2)12-15-22)26(30)18-32-25-16-20(3)10-13-21(25)4/h10-16,23-24H,5-9,17-18H2,1-4H3,(H,28,31)/t24-/m1/s1. The summed E-state index contributed by atoms with van der Waals surface area (Å²) in [6, 6.07) is 13.7. The van der Waals surface area contributed by atoms with E-state index in [9.17, 15) is 9.59 Å². The highest BCUT2D eigenvalue weighted by molar-refractivity contribution is 5.88. The molecule has 0 radical (unpaired) electrons. The van der Waals surface area contributed by atoms with Gasteiger partial charge in [0.2, 0.25) is 5.91 Å². The van der Waals surface area contributed by atoms with Crippen LogP contribution in [0.25, 0.3) is 0 Å². The Morgan fingerprint density at radius 2 is 1.69 bits per heavy atom. The lowest BCUT2D eigenvalue weighted by atomic mass is 10.1. The lowest BCUT2D eigenvalue weighted by molar-refractivity contribution is -0.143. The highest BCUT2D eigenvalue weighted by Gasteiger charge is 2.30. The third-order valence-corrected chi connectivity index (χ3v) is 6.26. The first-order valence-electron chi connectivity index (χ1n) is 11.7. The Morgan fingerprint density at radius 1 is 1.03 bits per heavy atom. The van der Waals surface area contributed by atoms with Crippen LogP contribution in [0.5, 0.6) is 5.75 Å². The molecule has 5 nitrogen and oxygen atoms in total. The van der Waals surface area contributed by atoms with Gasteiger partial charge in [0.15, 0.2) is 6.61 Å². The molecule has 0 aliphatic heterocycles. The highest BCUT2D eigenvalue weighted by atomic mass is 16.5. The summed E-state index contributed by atoms with van der Waals surface area (Å²) in [5, 5.41) is 3.18. The van der Waals surface area contributed by atoms with Gasteiger partial charge >= 0.3 is 0 Å². The number of nitrogens with one attached hydrogen (secondary N) is 1. The highest BCUT2D eigenvalue weighted by Crippen LogP contribution is 2.21. The summed E-state index contributed by atoms with van der Waals surface area (Å²) in [4.78, 5) is 28.2. The second kappa shape index (κ2) is 11.2. The number of carbonyl (C=O) groups excluding carboxylic acids is 2. The molecule has 5 heteroatoms. The van der Waals surface area contributed by atoms with E-state index in [0.29, 0.717) is 18.7 Å². The van der Waals surface area contributed by atoms with Crippen molar-refractivity contribution in [1.82, 2.24) is 10.2 Å². The van der Waals surface area contributed by atoms with Crippen LogP contribution in [-0.2, 0) is 16.1 Å². The van der Waals surface area contributed by atoms with Gasteiger partial charge in [0.25, 0.3) is 5.91 Å². The molecule has 2 aromatic rings. The Labute approximate surface area is 192 Å². The van der Waals surface area contributed by atoms with Crippen molar-refractivity contribution in [2.24, 2.45) is 0 Å². The fourth-order valence-electron chi connectivity index (χ4n) is 4.26. The molecule has 1 atom stereocenters. The van der Waals surface area contributed by atoms with Crippen molar-refractivity contribution in [3.63, 3.8) is 0 Å². The second-order valence-corrected chi connectivity index (χ2v) is 8.98. The number of rotatable bonds is 9. The van der Waals surface area contributed by atoms with Gasteiger partial charge in [-0.25, -0.2) is 0 Å². The molecule has 32 heavy (non-hydrogen) atoms. The topological polar surface area (TPSA) is 58.6 Å². The van der Waals surface area contributed by atoms with Crippen LogP contribution in [0, 0.1) is 20.8 Å². The van der Waals surface area contributed by atoms with Crippen molar-refractivity contribution in [3.05, 3.63) is 64.7 Å². The van der Waals surface area contributed by atoms with Crippen molar-refractivity contribution in [2.75, 3.05) is 6.61 Å². The van der Waals surface area contributed by atoms with E-state index >= 15 is 0 Å². The van der Waals surface area contributed by atoms with Crippen molar-refractivity contribution in [1.29, 1.82) is 0 Å². The largest absolute Gasteiger partial charge is 0.483 e. The lowest BCUT2D eigenvalue weighted by Crippen LogP contribution is -2.52. The molecular formula is C27H36N2O3. The molecule has 1 fully saturated rings. The van der Waals surface area contributed by atoms with Crippen LogP contribution in [0.1, 0.15) is 61.3 Å². The molecular weight excluding hydrogens is 400 g/mol. The number of hydrogen-bond acceptors (Lipinski definition) is 3. The fourth-order valence-corrected chi connectivity index (χ4v) is 4.26. The SMILES string of the molecule is CC[C@H](C(=O)NC1CCCC1)N(Cc1ccc(C)cc1)C(=O)COc1cc(C)ccc1C. The van der Waals surface area contributed by atoms with E-state index in [0.717, 1.165) is 47.9 Å². The summed E-state index contributed by atoms with van der Waals surface area (Å²) >= 11 is 0. The summed E-state index contributed by atoms with van der Waals surface area (Å²) in [7, 11) is 0. The van der Waals surface area contributed by atoms with Gasteiger partial charge in [-0.15, -0.1) is 0 Å². The molecule has 1 N–H and O–H groups in total. The zero-order valence-corrected chi connectivity index (χ0v) is 19.8. The first-order chi connectivity index (χ1) is 15.4. The minimum absolute atomic E-state index is 0.0633. The van der Waals surface area contributed by atoms with Crippen LogP contribution < -0.4 is 10.1 Å². The van der Waals surface area contributed by atoms with Gasteiger partial charge in [-0.3, -0.25) is 9.59 Å². The minimum atomic E-state index is -0.522. The quantitative estimate of drug-likeness (QED) is 0.611. The lowest BCUT2D eigenvalue weighted by Gasteiger charge is -2.31. The van der Waals surface area contributed by atoms with Gasteiger partial charge in [0.1, 0.15) is 11.8 Å².